The lowest BCUT2D eigenvalue weighted by atomic mass is 9.48. The summed E-state index contributed by atoms with van der Waals surface area (Å²) >= 11 is 3.65. The van der Waals surface area contributed by atoms with Crippen LogP contribution in [0.15, 0.2) is 28.7 Å². The summed E-state index contributed by atoms with van der Waals surface area (Å²) in [6, 6.07) is 9.77. The van der Waals surface area contributed by atoms with Gasteiger partial charge in [-0.15, -0.1) is 0 Å². The van der Waals surface area contributed by atoms with E-state index in [-0.39, 0.29) is 0 Å². The van der Waals surface area contributed by atoms with Crippen LogP contribution in [-0.4, -0.2) is 25.8 Å². The van der Waals surface area contributed by atoms with Gasteiger partial charge in [-0.3, -0.25) is 0 Å². The van der Waals surface area contributed by atoms with E-state index >= 15 is 0 Å². The summed E-state index contributed by atoms with van der Waals surface area (Å²) in [6.45, 7) is 3.08. The number of nitrogens with one attached hydrogen (secondary N) is 1. The molecule has 0 unspecified atom stereocenters. The third-order valence-electron chi connectivity index (χ3n) is 5.72. The Morgan fingerprint density at radius 3 is 2.62 bits per heavy atom. The summed E-state index contributed by atoms with van der Waals surface area (Å²) in [6.07, 6.45) is 7.92. The molecule has 2 aliphatic carbocycles. The van der Waals surface area contributed by atoms with E-state index in [2.05, 4.69) is 45.5 Å². The monoisotopic (exact) mass is 349 g/mol. The molecule has 3 aliphatic rings. The van der Waals surface area contributed by atoms with Crippen LogP contribution in [0.25, 0.3) is 0 Å². The summed E-state index contributed by atoms with van der Waals surface area (Å²) in [5.41, 5.74) is 2.43. The molecule has 0 aromatic heterocycles. The molecule has 21 heavy (non-hydrogen) atoms. The smallest absolute Gasteiger partial charge is 0.0471 e. The summed E-state index contributed by atoms with van der Waals surface area (Å²) in [4.78, 5) is 0. The molecule has 3 fully saturated rings. The number of rotatable bonds is 4. The van der Waals surface area contributed by atoms with E-state index < -0.39 is 0 Å². The Morgan fingerprint density at radius 2 is 1.95 bits per heavy atom. The van der Waals surface area contributed by atoms with Crippen molar-refractivity contribution in [2.45, 2.75) is 50.0 Å². The fourth-order valence-electron chi connectivity index (χ4n) is 4.42. The molecule has 1 N–H and O–H groups in total. The van der Waals surface area contributed by atoms with Crippen molar-refractivity contribution in [3.63, 3.8) is 0 Å². The second-order valence-corrected chi connectivity index (χ2v) is 8.33. The van der Waals surface area contributed by atoms with E-state index in [1.165, 1.54) is 48.6 Å². The third-order valence-corrected chi connectivity index (χ3v) is 6.22. The summed E-state index contributed by atoms with van der Waals surface area (Å²) < 4.78 is 6.79. The Kier molecular flexibility index (Phi) is 3.63. The number of hydrogen-bond acceptors (Lipinski definition) is 2. The van der Waals surface area contributed by atoms with Crippen LogP contribution < -0.4 is 5.32 Å². The van der Waals surface area contributed by atoms with Gasteiger partial charge in [0.2, 0.25) is 0 Å². The molecular weight excluding hydrogens is 326 g/mol. The maximum absolute atomic E-state index is 5.58. The van der Waals surface area contributed by atoms with Gasteiger partial charge in [0.1, 0.15) is 0 Å². The predicted octanol–water partition coefficient (Wildman–Crippen LogP) is 4.03. The van der Waals surface area contributed by atoms with Crippen LogP contribution in [0.3, 0.4) is 0 Å². The zero-order valence-electron chi connectivity index (χ0n) is 12.5. The first-order valence-corrected chi connectivity index (χ1v) is 9.06. The second-order valence-electron chi connectivity index (χ2n) is 7.41. The van der Waals surface area contributed by atoms with Gasteiger partial charge >= 0.3 is 0 Å². The largest absolute Gasteiger partial charge is 0.381 e. The van der Waals surface area contributed by atoms with Gasteiger partial charge in [-0.1, -0.05) is 28.1 Å². The van der Waals surface area contributed by atoms with Crippen LogP contribution in [0.5, 0.6) is 0 Å². The van der Waals surface area contributed by atoms with Crippen molar-refractivity contribution in [1.29, 1.82) is 0 Å². The van der Waals surface area contributed by atoms with Gasteiger partial charge < -0.3 is 10.1 Å². The fraction of sp³-hybridized carbons (Fsp3) is 0.667. The Bertz CT molecular complexity index is 512. The molecule has 2 nitrogen and oxygen atoms in total. The Hall–Kier alpha value is -0.380. The minimum atomic E-state index is 0.351. The lowest BCUT2D eigenvalue weighted by molar-refractivity contribution is -0.0738. The first-order chi connectivity index (χ1) is 10.2. The van der Waals surface area contributed by atoms with Gasteiger partial charge in [0.15, 0.2) is 0 Å². The van der Waals surface area contributed by atoms with Gasteiger partial charge in [-0.05, 0) is 61.6 Å². The fourth-order valence-corrected chi connectivity index (χ4v) is 4.82. The highest BCUT2D eigenvalue weighted by Gasteiger charge is 2.55. The molecule has 0 atom stereocenters. The van der Waals surface area contributed by atoms with Crippen molar-refractivity contribution < 1.29 is 4.74 Å². The van der Waals surface area contributed by atoms with Gasteiger partial charge in [0.05, 0.1) is 0 Å². The van der Waals surface area contributed by atoms with Crippen molar-refractivity contribution in [2.24, 2.45) is 5.41 Å². The first kappa shape index (κ1) is 14.2. The van der Waals surface area contributed by atoms with Crippen LogP contribution >= 0.6 is 15.9 Å². The molecule has 4 rings (SSSR count). The molecule has 2 saturated carbocycles. The van der Waals surface area contributed by atoms with Crippen LogP contribution in [0.2, 0.25) is 0 Å². The van der Waals surface area contributed by atoms with Gasteiger partial charge in [-0.25, -0.2) is 0 Å². The Labute approximate surface area is 135 Å². The second kappa shape index (κ2) is 5.36. The minimum absolute atomic E-state index is 0.351. The minimum Gasteiger partial charge on any atom is -0.381 e. The molecule has 1 aliphatic heterocycles. The molecule has 0 bridgehead atoms. The molecule has 3 heteroatoms. The van der Waals surface area contributed by atoms with E-state index in [4.69, 9.17) is 4.74 Å². The topological polar surface area (TPSA) is 21.3 Å². The Morgan fingerprint density at radius 1 is 1.19 bits per heavy atom. The molecule has 0 radical (unpaired) electrons. The Balaban J connectivity index is 1.55. The SMILES string of the molecule is Brc1cccc(C2(CNC3CC3)CC3(CCOCC3)C2)c1. The number of benzene rings is 1. The number of hydrogen-bond donors (Lipinski definition) is 1. The van der Waals surface area contributed by atoms with E-state index in [9.17, 15) is 0 Å². The first-order valence-electron chi connectivity index (χ1n) is 8.27. The van der Waals surface area contributed by atoms with Gasteiger partial charge in [0.25, 0.3) is 0 Å². The van der Waals surface area contributed by atoms with Gasteiger partial charge in [0, 0.05) is 35.7 Å². The van der Waals surface area contributed by atoms with Crippen molar-refractivity contribution in [3.05, 3.63) is 34.3 Å². The van der Waals surface area contributed by atoms with Crippen molar-refractivity contribution in [1.82, 2.24) is 5.32 Å². The van der Waals surface area contributed by atoms with Crippen LogP contribution in [0.4, 0.5) is 0 Å². The molecule has 1 heterocycles. The predicted molar refractivity (Wildman–Crippen MR) is 88.6 cm³/mol. The molecule has 114 valence electrons. The molecule has 1 aromatic carbocycles. The van der Waals surface area contributed by atoms with Crippen molar-refractivity contribution in [3.8, 4) is 0 Å². The molecular formula is C18H24BrNO. The molecule has 0 amide bonds. The molecule has 1 saturated heterocycles. The summed E-state index contributed by atoms with van der Waals surface area (Å²) in [5, 5.41) is 3.79. The van der Waals surface area contributed by atoms with Crippen LogP contribution in [-0.2, 0) is 10.2 Å². The average Bonchev–Trinajstić information content (AvgIpc) is 3.28. The van der Waals surface area contributed by atoms with E-state index in [0.717, 1.165) is 25.8 Å². The molecule has 1 aromatic rings. The lowest BCUT2D eigenvalue weighted by Crippen LogP contribution is -2.56. The van der Waals surface area contributed by atoms with E-state index in [1.807, 2.05) is 0 Å². The number of halogens is 1. The van der Waals surface area contributed by atoms with Crippen LogP contribution in [0.1, 0.15) is 44.1 Å². The summed E-state index contributed by atoms with van der Waals surface area (Å²) in [5.74, 6) is 0. The highest BCUT2D eigenvalue weighted by molar-refractivity contribution is 9.10. The normalized spacial score (nSPS) is 26.5. The molecule has 1 spiro atoms. The lowest BCUT2D eigenvalue weighted by Gasteiger charge is -2.58. The maximum Gasteiger partial charge on any atom is 0.0471 e. The van der Waals surface area contributed by atoms with E-state index in [0.29, 0.717) is 10.8 Å². The van der Waals surface area contributed by atoms with Crippen molar-refractivity contribution >= 4 is 15.9 Å². The van der Waals surface area contributed by atoms with Gasteiger partial charge in [-0.2, -0.15) is 0 Å². The van der Waals surface area contributed by atoms with E-state index in [1.54, 1.807) is 0 Å². The quantitative estimate of drug-likeness (QED) is 0.885. The standard InChI is InChI=1S/C18H24BrNO/c19-15-3-1-2-14(10-15)18(13-20-16-4-5-16)11-17(12-18)6-8-21-9-7-17/h1-3,10,16,20H,4-9,11-13H2. The zero-order chi connectivity index (χ0) is 14.3. The van der Waals surface area contributed by atoms with Crippen molar-refractivity contribution in [2.75, 3.05) is 19.8 Å². The zero-order valence-corrected chi connectivity index (χ0v) is 14.1. The number of ether oxygens (including phenoxy) is 1. The average molecular weight is 350 g/mol. The third kappa shape index (κ3) is 2.80. The van der Waals surface area contributed by atoms with Crippen LogP contribution in [0, 0.1) is 5.41 Å². The maximum atomic E-state index is 5.58. The highest BCUT2D eigenvalue weighted by Crippen LogP contribution is 2.60. The highest BCUT2D eigenvalue weighted by atomic mass is 79.9. The summed E-state index contributed by atoms with van der Waals surface area (Å²) in [7, 11) is 0.